The van der Waals surface area contributed by atoms with Crippen molar-refractivity contribution in [3.63, 3.8) is 0 Å². The molecule has 4 nitrogen and oxygen atoms in total. The van der Waals surface area contributed by atoms with E-state index < -0.39 is 0 Å². The van der Waals surface area contributed by atoms with E-state index in [4.69, 9.17) is 5.73 Å². The summed E-state index contributed by atoms with van der Waals surface area (Å²) in [7, 11) is 0. The van der Waals surface area contributed by atoms with Crippen molar-refractivity contribution in [2.24, 2.45) is 5.73 Å². The molecule has 1 aliphatic heterocycles. The summed E-state index contributed by atoms with van der Waals surface area (Å²) in [5, 5.41) is 3.13. The average molecular weight is 316 g/mol. The third-order valence-electron chi connectivity index (χ3n) is 3.09. The maximum absolute atomic E-state index is 13.4. The van der Waals surface area contributed by atoms with E-state index in [1.54, 1.807) is 6.07 Å². The first kappa shape index (κ1) is 13.5. The van der Waals surface area contributed by atoms with Crippen LogP contribution in [0.5, 0.6) is 0 Å². The molecule has 1 aliphatic rings. The highest BCUT2D eigenvalue weighted by molar-refractivity contribution is 9.10. The Morgan fingerprint density at radius 3 is 3.11 bits per heavy atom. The zero-order valence-corrected chi connectivity index (χ0v) is 11.4. The van der Waals surface area contributed by atoms with E-state index in [1.807, 2.05) is 11.0 Å². The molecule has 0 bridgehead atoms. The second-order valence-corrected chi connectivity index (χ2v) is 5.10. The van der Waals surface area contributed by atoms with Gasteiger partial charge >= 0.3 is 0 Å². The van der Waals surface area contributed by atoms with Crippen LogP contribution in [0.15, 0.2) is 22.7 Å². The van der Waals surface area contributed by atoms with Crippen LogP contribution in [0.3, 0.4) is 0 Å². The van der Waals surface area contributed by atoms with E-state index in [0.717, 1.165) is 18.7 Å². The summed E-state index contributed by atoms with van der Waals surface area (Å²) in [4.78, 5) is 13.3. The smallest absolute Gasteiger partial charge is 0.236 e. The third kappa shape index (κ3) is 2.88. The maximum atomic E-state index is 13.4. The lowest BCUT2D eigenvalue weighted by molar-refractivity contribution is -0.124. The Hall–Kier alpha value is -0.980. The zero-order chi connectivity index (χ0) is 13.1. The number of nitrogens with two attached hydrogens (primary N) is 1. The first-order valence-corrected chi connectivity index (χ1v) is 6.56. The minimum Gasteiger partial charge on any atom is -0.368 e. The van der Waals surface area contributed by atoms with E-state index in [9.17, 15) is 9.18 Å². The van der Waals surface area contributed by atoms with Gasteiger partial charge in [-0.25, -0.2) is 4.39 Å². The van der Waals surface area contributed by atoms with E-state index in [0.29, 0.717) is 17.6 Å². The lowest BCUT2D eigenvalue weighted by Gasteiger charge is -2.34. The van der Waals surface area contributed by atoms with Crippen molar-refractivity contribution < 1.29 is 9.18 Å². The molecule has 18 heavy (non-hydrogen) atoms. The fourth-order valence-corrected chi connectivity index (χ4v) is 2.50. The normalized spacial score (nSPS) is 20.9. The van der Waals surface area contributed by atoms with E-state index >= 15 is 0 Å². The lowest BCUT2D eigenvalue weighted by Crippen LogP contribution is -2.56. The SMILES string of the molecule is NC(=O)C1CNCCN1Cc1cccc(F)c1Br. The van der Waals surface area contributed by atoms with Crippen LogP contribution >= 0.6 is 15.9 Å². The van der Waals surface area contributed by atoms with Gasteiger partial charge in [0.1, 0.15) is 11.9 Å². The number of nitrogens with zero attached hydrogens (tertiary/aromatic N) is 1. The van der Waals surface area contributed by atoms with Crippen LogP contribution in [0, 0.1) is 5.82 Å². The highest BCUT2D eigenvalue weighted by Crippen LogP contribution is 2.22. The number of hydrogen-bond donors (Lipinski definition) is 2. The van der Waals surface area contributed by atoms with Gasteiger partial charge in [-0.05, 0) is 27.6 Å². The predicted molar refractivity (Wildman–Crippen MR) is 70.4 cm³/mol. The largest absolute Gasteiger partial charge is 0.368 e. The van der Waals surface area contributed by atoms with E-state index in [2.05, 4.69) is 21.2 Å². The molecule has 1 heterocycles. The van der Waals surface area contributed by atoms with E-state index in [1.165, 1.54) is 6.07 Å². The van der Waals surface area contributed by atoms with Crippen molar-refractivity contribution in [3.8, 4) is 0 Å². The minimum absolute atomic E-state index is 0.293. The molecule has 1 unspecified atom stereocenters. The summed E-state index contributed by atoms with van der Waals surface area (Å²) in [5.41, 5.74) is 6.20. The molecular weight excluding hydrogens is 301 g/mol. The summed E-state index contributed by atoms with van der Waals surface area (Å²) in [5.74, 6) is -0.645. The van der Waals surface area contributed by atoms with Gasteiger partial charge in [-0.15, -0.1) is 0 Å². The van der Waals surface area contributed by atoms with Gasteiger partial charge in [-0.2, -0.15) is 0 Å². The molecule has 1 fully saturated rings. The van der Waals surface area contributed by atoms with Crippen LogP contribution in [0.1, 0.15) is 5.56 Å². The fraction of sp³-hybridized carbons (Fsp3) is 0.417. The summed E-state index contributed by atoms with van der Waals surface area (Å²) in [6.45, 7) is 2.57. The van der Waals surface area contributed by atoms with E-state index in [-0.39, 0.29) is 17.8 Å². The fourth-order valence-electron chi connectivity index (χ4n) is 2.11. The van der Waals surface area contributed by atoms with Crippen molar-refractivity contribution >= 4 is 21.8 Å². The van der Waals surface area contributed by atoms with Crippen LogP contribution in [0.2, 0.25) is 0 Å². The molecule has 0 aliphatic carbocycles. The van der Waals surface area contributed by atoms with Crippen molar-refractivity contribution in [3.05, 3.63) is 34.1 Å². The number of carbonyl (C=O) groups excluding carboxylic acids is 1. The molecule has 1 aromatic carbocycles. The lowest BCUT2D eigenvalue weighted by atomic mass is 10.1. The molecule has 0 spiro atoms. The number of piperazine rings is 1. The molecule has 98 valence electrons. The molecule has 1 amide bonds. The van der Waals surface area contributed by atoms with Gasteiger partial charge in [0.2, 0.25) is 5.91 Å². The number of primary amides is 1. The van der Waals surface area contributed by atoms with Gasteiger partial charge in [0.05, 0.1) is 4.47 Å². The highest BCUT2D eigenvalue weighted by Gasteiger charge is 2.27. The second-order valence-electron chi connectivity index (χ2n) is 4.31. The number of rotatable bonds is 3. The maximum Gasteiger partial charge on any atom is 0.236 e. The standard InChI is InChI=1S/C12H15BrFN3O/c13-11-8(2-1-3-9(11)14)7-17-5-4-16-6-10(17)12(15)18/h1-3,10,16H,4-7H2,(H2,15,18). The molecule has 3 N–H and O–H groups in total. The minimum atomic E-state index is -0.352. The van der Waals surface area contributed by atoms with Gasteiger partial charge in [-0.3, -0.25) is 9.69 Å². The zero-order valence-electron chi connectivity index (χ0n) is 9.83. The summed E-state index contributed by atoms with van der Waals surface area (Å²) < 4.78 is 13.9. The Morgan fingerprint density at radius 1 is 1.61 bits per heavy atom. The Kier molecular flexibility index (Phi) is 4.31. The Bertz CT molecular complexity index is 455. The van der Waals surface area contributed by atoms with Crippen LogP contribution in [-0.2, 0) is 11.3 Å². The first-order chi connectivity index (χ1) is 8.59. The Morgan fingerprint density at radius 2 is 2.39 bits per heavy atom. The van der Waals surface area contributed by atoms with Gasteiger partial charge in [0.25, 0.3) is 0 Å². The summed E-state index contributed by atoms with van der Waals surface area (Å²) in [6, 6.07) is 4.56. The Labute approximate surface area is 113 Å². The van der Waals surface area contributed by atoms with Crippen molar-refractivity contribution in [1.29, 1.82) is 0 Å². The van der Waals surface area contributed by atoms with Gasteiger partial charge in [0.15, 0.2) is 0 Å². The number of halogens is 2. The monoisotopic (exact) mass is 315 g/mol. The van der Waals surface area contributed by atoms with Gasteiger partial charge in [-0.1, -0.05) is 12.1 Å². The topological polar surface area (TPSA) is 58.4 Å². The van der Waals surface area contributed by atoms with Crippen molar-refractivity contribution in [1.82, 2.24) is 10.2 Å². The van der Waals surface area contributed by atoms with Crippen molar-refractivity contribution in [2.75, 3.05) is 19.6 Å². The van der Waals surface area contributed by atoms with Crippen LogP contribution in [0.25, 0.3) is 0 Å². The predicted octanol–water partition coefficient (Wildman–Crippen LogP) is 0.847. The van der Waals surface area contributed by atoms with Crippen LogP contribution in [-0.4, -0.2) is 36.5 Å². The summed E-state index contributed by atoms with van der Waals surface area (Å²) in [6.07, 6.45) is 0. The second kappa shape index (κ2) is 5.77. The third-order valence-corrected chi connectivity index (χ3v) is 3.98. The molecule has 0 saturated carbocycles. The molecule has 0 aromatic heterocycles. The molecule has 2 rings (SSSR count). The molecule has 1 saturated heterocycles. The van der Waals surface area contributed by atoms with Gasteiger partial charge in [0, 0.05) is 26.2 Å². The molecule has 1 atom stereocenters. The number of hydrogen-bond acceptors (Lipinski definition) is 3. The summed E-state index contributed by atoms with van der Waals surface area (Å²) >= 11 is 3.23. The number of benzene rings is 1. The number of nitrogens with one attached hydrogen (secondary N) is 1. The number of carbonyl (C=O) groups is 1. The molecule has 1 aromatic rings. The quantitative estimate of drug-likeness (QED) is 0.869. The molecular formula is C12H15BrFN3O. The average Bonchev–Trinajstić information content (AvgIpc) is 2.35. The van der Waals surface area contributed by atoms with Crippen LogP contribution in [0.4, 0.5) is 4.39 Å². The number of amides is 1. The van der Waals surface area contributed by atoms with Crippen molar-refractivity contribution in [2.45, 2.75) is 12.6 Å². The molecule has 6 heteroatoms. The Balaban J connectivity index is 2.16. The van der Waals surface area contributed by atoms with Gasteiger partial charge < -0.3 is 11.1 Å². The first-order valence-electron chi connectivity index (χ1n) is 5.76. The van der Waals surface area contributed by atoms with Crippen LogP contribution < -0.4 is 11.1 Å². The highest BCUT2D eigenvalue weighted by atomic mass is 79.9. The molecule has 0 radical (unpaired) electrons.